The molecule has 8 heteroatoms. The second-order valence-electron chi connectivity index (χ2n) is 5.28. The van der Waals surface area contributed by atoms with E-state index in [2.05, 4.69) is 5.32 Å². The van der Waals surface area contributed by atoms with Crippen molar-refractivity contribution in [3.8, 4) is 0 Å². The molecule has 2 heterocycles. The molecular formula is C13H21N3O4S. The quantitative estimate of drug-likeness (QED) is 0.794. The summed E-state index contributed by atoms with van der Waals surface area (Å²) in [4.78, 5) is 38.8. The van der Waals surface area contributed by atoms with Crippen molar-refractivity contribution in [1.29, 1.82) is 0 Å². The van der Waals surface area contributed by atoms with E-state index >= 15 is 0 Å². The van der Waals surface area contributed by atoms with E-state index in [0.717, 1.165) is 12.8 Å². The Labute approximate surface area is 128 Å². The highest BCUT2D eigenvalue weighted by atomic mass is 32.2. The largest absolute Gasteiger partial charge is 0.480 e. The summed E-state index contributed by atoms with van der Waals surface area (Å²) in [6.45, 7) is 4.50. The van der Waals surface area contributed by atoms with E-state index in [9.17, 15) is 19.5 Å². The molecule has 2 N–H and O–H groups in total. The zero-order valence-electron chi connectivity index (χ0n) is 12.2. The Bertz CT molecular complexity index is 445. The van der Waals surface area contributed by atoms with Crippen molar-refractivity contribution in [2.24, 2.45) is 0 Å². The summed E-state index contributed by atoms with van der Waals surface area (Å²) in [6, 6.07) is -1.71. The van der Waals surface area contributed by atoms with Crippen LogP contribution in [0.15, 0.2) is 0 Å². The Morgan fingerprint density at radius 3 is 2.81 bits per heavy atom. The molecule has 0 saturated carbocycles. The number of nitrogens with one attached hydrogen (secondary N) is 1. The smallest absolute Gasteiger partial charge is 0.327 e. The number of thioether (sulfide) groups is 1. The lowest BCUT2D eigenvalue weighted by molar-refractivity contribution is -0.141. The zero-order chi connectivity index (χ0) is 15.6. The number of carbonyl (C=O) groups is 3. The lowest BCUT2D eigenvalue weighted by Crippen LogP contribution is -2.61. The van der Waals surface area contributed by atoms with Gasteiger partial charge < -0.3 is 15.3 Å². The van der Waals surface area contributed by atoms with Gasteiger partial charge in [0.1, 0.15) is 12.1 Å². The third-order valence-electron chi connectivity index (χ3n) is 3.88. The van der Waals surface area contributed by atoms with E-state index in [1.807, 2.05) is 6.92 Å². The predicted molar refractivity (Wildman–Crippen MR) is 79.0 cm³/mol. The number of nitrogens with zero attached hydrogens (tertiary/aromatic N) is 2. The molecule has 2 fully saturated rings. The molecule has 0 aromatic heterocycles. The Morgan fingerprint density at radius 2 is 2.19 bits per heavy atom. The van der Waals surface area contributed by atoms with Crippen LogP contribution in [0.4, 0.5) is 4.79 Å². The molecule has 0 aromatic rings. The van der Waals surface area contributed by atoms with Gasteiger partial charge in [0, 0.05) is 18.8 Å². The molecule has 3 unspecified atom stereocenters. The summed E-state index contributed by atoms with van der Waals surface area (Å²) in [6.07, 6.45) is 1.64. The van der Waals surface area contributed by atoms with Crippen molar-refractivity contribution >= 4 is 29.7 Å². The van der Waals surface area contributed by atoms with Gasteiger partial charge in [0.05, 0.1) is 5.37 Å². The second-order valence-corrected chi connectivity index (χ2v) is 6.49. The highest BCUT2D eigenvalue weighted by Gasteiger charge is 2.44. The summed E-state index contributed by atoms with van der Waals surface area (Å²) >= 11 is 1.50. The van der Waals surface area contributed by atoms with Crippen LogP contribution in [0.2, 0.25) is 0 Å². The van der Waals surface area contributed by atoms with Crippen LogP contribution >= 0.6 is 11.8 Å². The summed E-state index contributed by atoms with van der Waals surface area (Å²) in [5.74, 6) is -0.774. The molecule has 7 nitrogen and oxygen atoms in total. The Hall–Kier alpha value is -1.44. The zero-order valence-corrected chi connectivity index (χ0v) is 13.1. The van der Waals surface area contributed by atoms with E-state index < -0.39 is 18.1 Å². The standard InChI is InChI=1S/C13H21N3O4S/c1-3-4-10-16(9(7-21-10)12(18)19)13(20)15-6-5-14-11(17)8(15)2/h8-10H,3-7H2,1-2H3,(H,14,17)(H,18,19). The number of aliphatic carboxylic acids is 1. The SMILES string of the molecule is CCCC1SCC(C(=O)O)N1C(=O)N1CCNC(=O)C1C. The van der Waals surface area contributed by atoms with Crippen LogP contribution in [0.5, 0.6) is 0 Å². The molecular weight excluding hydrogens is 294 g/mol. The fourth-order valence-electron chi connectivity index (χ4n) is 2.67. The predicted octanol–water partition coefficient (Wildman–Crippen LogP) is 0.555. The molecule has 0 aromatic carbocycles. The molecule has 2 saturated heterocycles. The van der Waals surface area contributed by atoms with Gasteiger partial charge in [-0.2, -0.15) is 0 Å². The first-order valence-corrected chi connectivity index (χ1v) is 8.23. The summed E-state index contributed by atoms with van der Waals surface area (Å²) in [5.41, 5.74) is 0. The van der Waals surface area contributed by atoms with Crippen molar-refractivity contribution in [2.75, 3.05) is 18.8 Å². The highest BCUT2D eigenvalue weighted by molar-refractivity contribution is 8.00. The van der Waals surface area contributed by atoms with E-state index in [1.165, 1.54) is 21.6 Å². The minimum Gasteiger partial charge on any atom is -0.480 e. The van der Waals surface area contributed by atoms with Gasteiger partial charge in [-0.25, -0.2) is 9.59 Å². The van der Waals surface area contributed by atoms with Crippen LogP contribution in [0.1, 0.15) is 26.7 Å². The number of hydrogen-bond donors (Lipinski definition) is 2. The molecule has 0 aliphatic carbocycles. The molecule has 118 valence electrons. The molecule has 2 aliphatic heterocycles. The van der Waals surface area contributed by atoms with Crippen LogP contribution in [0.25, 0.3) is 0 Å². The average molecular weight is 315 g/mol. The van der Waals surface area contributed by atoms with E-state index in [0.29, 0.717) is 18.8 Å². The average Bonchev–Trinajstić information content (AvgIpc) is 2.85. The topological polar surface area (TPSA) is 89.9 Å². The minimum atomic E-state index is -0.983. The van der Waals surface area contributed by atoms with Gasteiger partial charge in [-0.05, 0) is 13.3 Å². The summed E-state index contributed by atoms with van der Waals surface area (Å²) in [7, 11) is 0. The number of amides is 3. The molecule has 0 radical (unpaired) electrons. The van der Waals surface area contributed by atoms with Gasteiger partial charge in [-0.3, -0.25) is 9.69 Å². The fourth-order valence-corrected chi connectivity index (χ4v) is 4.18. The van der Waals surface area contributed by atoms with Gasteiger partial charge in [-0.1, -0.05) is 13.3 Å². The third kappa shape index (κ3) is 3.09. The van der Waals surface area contributed by atoms with E-state index in [4.69, 9.17) is 0 Å². The second kappa shape index (κ2) is 6.55. The first-order valence-electron chi connectivity index (χ1n) is 7.18. The van der Waals surface area contributed by atoms with E-state index in [-0.39, 0.29) is 17.3 Å². The first kappa shape index (κ1) is 15.9. The van der Waals surface area contributed by atoms with Gasteiger partial charge >= 0.3 is 12.0 Å². The van der Waals surface area contributed by atoms with Crippen molar-refractivity contribution in [1.82, 2.24) is 15.1 Å². The van der Waals surface area contributed by atoms with Crippen molar-refractivity contribution in [2.45, 2.75) is 44.1 Å². The van der Waals surface area contributed by atoms with E-state index in [1.54, 1.807) is 6.92 Å². The number of carbonyl (C=O) groups excluding carboxylic acids is 2. The molecule has 3 atom stereocenters. The Balaban J connectivity index is 2.20. The van der Waals surface area contributed by atoms with Gasteiger partial charge in [-0.15, -0.1) is 11.8 Å². The molecule has 2 rings (SSSR count). The number of hydrogen-bond acceptors (Lipinski definition) is 4. The molecule has 21 heavy (non-hydrogen) atoms. The van der Waals surface area contributed by atoms with Crippen LogP contribution in [-0.2, 0) is 9.59 Å². The summed E-state index contributed by atoms with van der Waals surface area (Å²) in [5, 5.41) is 11.9. The summed E-state index contributed by atoms with van der Waals surface area (Å²) < 4.78 is 0. The molecule has 0 bridgehead atoms. The number of urea groups is 1. The lowest BCUT2D eigenvalue weighted by Gasteiger charge is -2.38. The monoisotopic (exact) mass is 315 g/mol. The van der Waals surface area contributed by atoms with Gasteiger partial charge in [0.25, 0.3) is 0 Å². The molecule has 3 amide bonds. The molecule has 2 aliphatic rings. The lowest BCUT2D eigenvalue weighted by atomic mass is 10.2. The van der Waals surface area contributed by atoms with Gasteiger partial charge in [0.2, 0.25) is 5.91 Å². The first-order chi connectivity index (χ1) is 9.97. The van der Waals surface area contributed by atoms with Crippen LogP contribution in [0, 0.1) is 0 Å². The van der Waals surface area contributed by atoms with Crippen molar-refractivity contribution in [3.05, 3.63) is 0 Å². The van der Waals surface area contributed by atoms with Crippen LogP contribution in [0.3, 0.4) is 0 Å². The number of carboxylic acids is 1. The van der Waals surface area contributed by atoms with Gasteiger partial charge in [0.15, 0.2) is 0 Å². The molecule has 0 spiro atoms. The fraction of sp³-hybridized carbons (Fsp3) is 0.769. The van der Waals surface area contributed by atoms with Crippen LogP contribution < -0.4 is 5.32 Å². The van der Waals surface area contributed by atoms with Crippen molar-refractivity contribution in [3.63, 3.8) is 0 Å². The maximum atomic E-state index is 12.8. The minimum absolute atomic E-state index is 0.124. The maximum Gasteiger partial charge on any atom is 0.327 e. The maximum absolute atomic E-state index is 12.8. The normalized spacial score (nSPS) is 29.4. The van der Waals surface area contributed by atoms with Crippen LogP contribution in [-0.4, -0.2) is 69.1 Å². The highest BCUT2D eigenvalue weighted by Crippen LogP contribution is 2.33. The Morgan fingerprint density at radius 1 is 1.48 bits per heavy atom. The number of rotatable bonds is 3. The third-order valence-corrected chi connectivity index (χ3v) is 5.23. The number of piperazine rings is 1. The Kier molecular flexibility index (Phi) is 4.97. The van der Waals surface area contributed by atoms with Crippen molar-refractivity contribution < 1.29 is 19.5 Å². The number of carboxylic acid groups (broad SMARTS) is 1.